The second kappa shape index (κ2) is 10.2. The minimum absolute atomic E-state index is 0.0254. The van der Waals surface area contributed by atoms with Crippen LogP contribution in [0.4, 0.5) is 0 Å². The maximum absolute atomic E-state index is 5.85. The van der Waals surface area contributed by atoms with Gasteiger partial charge in [-0.05, 0) is 41.5 Å². The van der Waals surface area contributed by atoms with Gasteiger partial charge in [0.05, 0.1) is 39.0 Å². The summed E-state index contributed by atoms with van der Waals surface area (Å²) >= 11 is 0. The number of aromatic nitrogens is 4. The second-order valence-electron chi connectivity index (χ2n) is 8.30. The third kappa shape index (κ3) is 4.89. The van der Waals surface area contributed by atoms with Crippen LogP contribution in [0.15, 0.2) is 30.9 Å². The number of ether oxygens (including phenoxy) is 3. The zero-order valence-corrected chi connectivity index (χ0v) is 18.5. The molecule has 31 heavy (non-hydrogen) atoms. The van der Waals surface area contributed by atoms with Gasteiger partial charge in [-0.1, -0.05) is 6.58 Å². The molecule has 2 atom stereocenters. The summed E-state index contributed by atoms with van der Waals surface area (Å²) in [5, 5.41) is 12.9. The first-order valence-electron chi connectivity index (χ1n) is 11.1. The molecule has 2 N–H and O–H groups in total. The summed E-state index contributed by atoms with van der Waals surface area (Å²) in [7, 11) is 3.37. The van der Waals surface area contributed by atoms with E-state index in [-0.39, 0.29) is 12.1 Å². The lowest BCUT2D eigenvalue weighted by Crippen LogP contribution is -3.28. The number of tetrazole rings is 1. The number of methoxy groups -OCH3 is 2. The minimum atomic E-state index is -0.0254. The van der Waals surface area contributed by atoms with E-state index in [1.807, 2.05) is 22.9 Å². The summed E-state index contributed by atoms with van der Waals surface area (Å²) in [4.78, 5) is 3.01. The highest BCUT2D eigenvalue weighted by atomic mass is 16.5. The molecule has 9 nitrogen and oxygen atoms in total. The van der Waals surface area contributed by atoms with Crippen LogP contribution in [0.1, 0.15) is 30.3 Å². The van der Waals surface area contributed by atoms with E-state index >= 15 is 0 Å². The molecule has 0 saturated carbocycles. The van der Waals surface area contributed by atoms with Gasteiger partial charge in [-0.2, -0.15) is 0 Å². The Morgan fingerprint density at radius 3 is 2.77 bits per heavy atom. The molecular formula is C22H34N6O3+2. The van der Waals surface area contributed by atoms with Gasteiger partial charge in [0.1, 0.15) is 37.7 Å². The number of hydrogen-bond donors (Lipinski definition) is 2. The molecule has 2 aliphatic heterocycles. The van der Waals surface area contributed by atoms with Crippen molar-refractivity contribution in [3.05, 3.63) is 42.2 Å². The molecule has 1 aromatic heterocycles. The van der Waals surface area contributed by atoms with Crippen LogP contribution >= 0.6 is 0 Å². The second-order valence-corrected chi connectivity index (χ2v) is 8.30. The van der Waals surface area contributed by atoms with E-state index in [9.17, 15) is 0 Å². The molecule has 2 saturated heterocycles. The standard InChI is InChI=1S/C22H32N6O3/c1-4-9-26-10-12-27(13-11-26)21(19-8-7-17(29-2)15-20(19)30-3)22-23-24-25-28(22)16-18-6-5-14-31-18/h4,7-8,15,18,21H,1,5-6,9-14,16H2,2-3H3/p+2/t18-,21-/m0/s1. The van der Waals surface area contributed by atoms with E-state index in [1.54, 1.807) is 19.1 Å². The van der Waals surface area contributed by atoms with Gasteiger partial charge in [-0.15, -0.1) is 5.10 Å². The number of nitrogens with one attached hydrogen (secondary N) is 2. The van der Waals surface area contributed by atoms with Crippen LogP contribution in [0.2, 0.25) is 0 Å². The van der Waals surface area contributed by atoms with Gasteiger partial charge in [0.25, 0.3) is 0 Å². The Morgan fingerprint density at radius 1 is 1.26 bits per heavy atom. The van der Waals surface area contributed by atoms with E-state index in [1.165, 1.54) is 4.90 Å². The van der Waals surface area contributed by atoms with Crippen molar-refractivity contribution in [2.45, 2.75) is 31.5 Å². The molecule has 0 spiro atoms. The lowest BCUT2D eigenvalue weighted by atomic mass is 10.0. The van der Waals surface area contributed by atoms with Crippen molar-refractivity contribution in [1.82, 2.24) is 20.2 Å². The minimum Gasteiger partial charge on any atom is -0.497 e. The quantitative estimate of drug-likeness (QED) is 0.493. The molecule has 4 rings (SSSR count). The van der Waals surface area contributed by atoms with Gasteiger partial charge in [0, 0.05) is 12.7 Å². The van der Waals surface area contributed by atoms with Crippen LogP contribution < -0.4 is 19.3 Å². The first-order valence-corrected chi connectivity index (χ1v) is 11.1. The van der Waals surface area contributed by atoms with E-state index in [0.29, 0.717) is 6.54 Å². The first kappa shape index (κ1) is 21.7. The van der Waals surface area contributed by atoms with Crippen molar-refractivity contribution in [2.75, 3.05) is 53.6 Å². The van der Waals surface area contributed by atoms with E-state index in [2.05, 4.69) is 28.2 Å². The van der Waals surface area contributed by atoms with Gasteiger partial charge in [0.2, 0.25) is 5.82 Å². The monoisotopic (exact) mass is 430 g/mol. The predicted molar refractivity (Wildman–Crippen MR) is 115 cm³/mol. The summed E-state index contributed by atoms with van der Waals surface area (Å²) in [5.74, 6) is 2.43. The van der Waals surface area contributed by atoms with Crippen molar-refractivity contribution in [1.29, 1.82) is 0 Å². The number of hydrogen-bond acceptors (Lipinski definition) is 6. The summed E-state index contributed by atoms with van der Waals surface area (Å²) in [5.41, 5.74) is 1.08. The Hall–Kier alpha value is -2.49. The number of benzene rings is 1. The van der Waals surface area contributed by atoms with Crippen molar-refractivity contribution in [2.24, 2.45) is 0 Å². The molecule has 3 heterocycles. The van der Waals surface area contributed by atoms with Crippen LogP contribution in [0.3, 0.4) is 0 Å². The molecule has 0 bridgehead atoms. The fraction of sp³-hybridized carbons (Fsp3) is 0.591. The third-order valence-electron chi connectivity index (χ3n) is 6.41. The molecule has 0 aliphatic carbocycles. The third-order valence-corrected chi connectivity index (χ3v) is 6.41. The first-order chi connectivity index (χ1) is 15.2. The van der Waals surface area contributed by atoms with Gasteiger partial charge >= 0.3 is 0 Å². The Labute approximate surface area is 183 Å². The highest BCUT2D eigenvalue weighted by molar-refractivity contribution is 5.43. The van der Waals surface area contributed by atoms with E-state index in [0.717, 1.165) is 75.1 Å². The lowest BCUT2D eigenvalue weighted by Gasteiger charge is -2.34. The van der Waals surface area contributed by atoms with Gasteiger partial charge in [-0.3, -0.25) is 0 Å². The molecule has 0 amide bonds. The zero-order chi connectivity index (χ0) is 21.6. The van der Waals surface area contributed by atoms with Crippen molar-refractivity contribution < 1.29 is 24.0 Å². The average molecular weight is 431 g/mol. The van der Waals surface area contributed by atoms with Crippen molar-refractivity contribution in [3.8, 4) is 11.5 Å². The largest absolute Gasteiger partial charge is 0.497 e. The summed E-state index contributed by atoms with van der Waals surface area (Å²) in [6.07, 6.45) is 4.32. The maximum atomic E-state index is 5.85. The van der Waals surface area contributed by atoms with Crippen LogP contribution in [0, 0.1) is 0 Å². The molecular weight excluding hydrogens is 396 g/mol. The Kier molecular flexibility index (Phi) is 7.16. The number of rotatable bonds is 9. The van der Waals surface area contributed by atoms with E-state index in [4.69, 9.17) is 14.2 Å². The fourth-order valence-electron chi connectivity index (χ4n) is 4.75. The number of piperazine rings is 1. The molecule has 0 radical (unpaired) electrons. The van der Waals surface area contributed by atoms with Crippen LogP contribution in [0.5, 0.6) is 11.5 Å². The maximum Gasteiger partial charge on any atom is 0.214 e. The topological polar surface area (TPSA) is 80.2 Å². The molecule has 2 aliphatic rings. The Morgan fingerprint density at radius 2 is 2.10 bits per heavy atom. The van der Waals surface area contributed by atoms with Crippen molar-refractivity contribution in [3.63, 3.8) is 0 Å². The van der Waals surface area contributed by atoms with Gasteiger partial charge in [-0.25, -0.2) is 4.68 Å². The molecule has 168 valence electrons. The fourth-order valence-corrected chi connectivity index (χ4v) is 4.75. The molecule has 0 unspecified atom stereocenters. The summed E-state index contributed by atoms with van der Waals surface area (Å²) < 4.78 is 19.0. The Balaban J connectivity index is 1.67. The van der Waals surface area contributed by atoms with Gasteiger partial charge in [0.15, 0.2) is 6.04 Å². The Bertz CT molecular complexity index is 859. The number of nitrogens with zero attached hydrogens (tertiary/aromatic N) is 4. The van der Waals surface area contributed by atoms with E-state index < -0.39 is 0 Å². The molecule has 9 heteroatoms. The summed E-state index contributed by atoms with van der Waals surface area (Å²) in [6, 6.07) is 5.98. The zero-order valence-electron chi connectivity index (χ0n) is 18.5. The predicted octanol–water partition coefficient (Wildman–Crippen LogP) is -1.07. The normalized spacial score (nSPS) is 24.6. The van der Waals surface area contributed by atoms with Crippen LogP contribution in [-0.2, 0) is 11.3 Å². The molecule has 2 aromatic rings. The number of quaternary nitrogens is 2. The molecule has 2 fully saturated rings. The summed E-state index contributed by atoms with van der Waals surface area (Å²) in [6.45, 7) is 10.6. The van der Waals surface area contributed by atoms with Crippen molar-refractivity contribution >= 4 is 0 Å². The highest BCUT2D eigenvalue weighted by Gasteiger charge is 2.37. The lowest BCUT2D eigenvalue weighted by molar-refractivity contribution is -1.02. The van der Waals surface area contributed by atoms with Crippen LogP contribution in [-0.4, -0.2) is 79.9 Å². The molecule has 1 aromatic carbocycles. The van der Waals surface area contributed by atoms with Crippen LogP contribution in [0.25, 0.3) is 0 Å². The average Bonchev–Trinajstić information content (AvgIpc) is 3.48. The van der Waals surface area contributed by atoms with Gasteiger partial charge < -0.3 is 24.0 Å². The smallest absolute Gasteiger partial charge is 0.214 e. The highest BCUT2D eigenvalue weighted by Crippen LogP contribution is 2.31. The SMILES string of the molecule is C=CC[NH+]1CC[NH+]([C@@H](c2ccc(OC)cc2OC)c2nnnn2C[C@@H]2CCCO2)CC1.